The molecule has 4 nitrogen and oxygen atoms in total. The minimum absolute atomic E-state index is 0.127. The number of nitrogens with one attached hydrogen (secondary N) is 2. The standard InChI is InChI=1S/C10H14Br2N2O2/c1-9(3-5(9)11)7(15)13-14-8(16)10(2)4-6(10)12/h5-6H,3-4H2,1-2H3,(H,13,15)(H,14,16)/t5-,6+,9+,10-. The van der Waals surface area contributed by atoms with Crippen LogP contribution in [0.3, 0.4) is 0 Å². The van der Waals surface area contributed by atoms with E-state index in [2.05, 4.69) is 42.7 Å². The molecular formula is C10H14Br2N2O2. The van der Waals surface area contributed by atoms with Crippen molar-refractivity contribution in [2.45, 2.75) is 36.3 Å². The fraction of sp³-hybridized carbons (Fsp3) is 0.800. The van der Waals surface area contributed by atoms with Gasteiger partial charge >= 0.3 is 0 Å². The van der Waals surface area contributed by atoms with E-state index in [4.69, 9.17) is 0 Å². The molecule has 2 amide bonds. The third-order valence-electron chi connectivity index (χ3n) is 3.60. The average molecular weight is 354 g/mol. The van der Waals surface area contributed by atoms with Gasteiger partial charge in [0.2, 0.25) is 11.8 Å². The van der Waals surface area contributed by atoms with Crippen LogP contribution in [-0.4, -0.2) is 21.5 Å². The summed E-state index contributed by atoms with van der Waals surface area (Å²) in [6, 6.07) is 0. The first-order chi connectivity index (χ1) is 7.30. The minimum atomic E-state index is -0.370. The van der Waals surface area contributed by atoms with Crippen molar-refractivity contribution in [1.29, 1.82) is 0 Å². The molecule has 2 aliphatic rings. The molecule has 0 unspecified atom stereocenters. The monoisotopic (exact) mass is 352 g/mol. The highest BCUT2D eigenvalue weighted by Gasteiger charge is 2.57. The number of hydrogen-bond acceptors (Lipinski definition) is 2. The van der Waals surface area contributed by atoms with Crippen molar-refractivity contribution in [2.24, 2.45) is 10.8 Å². The zero-order valence-corrected chi connectivity index (χ0v) is 12.3. The molecule has 2 N–H and O–H groups in total. The van der Waals surface area contributed by atoms with Gasteiger partial charge in [-0.15, -0.1) is 0 Å². The highest BCUT2D eigenvalue weighted by Crippen LogP contribution is 2.52. The predicted octanol–water partition coefficient (Wildman–Crippen LogP) is 1.48. The third kappa shape index (κ3) is 1.90. The van der Waals surface area contributed by atoms with Gasteiger partial charge in [0.25, 0.3) is 0 Å². The third-order valence-corrected chi connectivity index (χ3v) is 6.26. The van der Waals surface area contributed by atoms with E-state index in [9.17, 15) is 9.59 Å². The fourth-order valence-corrected chi connectivity index (χ4v) is 3.26. The molecule has 2 rings (SSSR count). The Morgan fingerprint density at radius 3 is 1.44 bits per heavy atom. The summed E-state index contributed by atoms with van der Waals surface area (Å²) in [6.45, 7) is 3.75. The molecule has 90 valence electrons. The maximum Gasteiger partial charge on any atom is 0.245 e. The Balaban J connectivity index is 1.81. The number of hydrazine groups is 1. The molecule has 2 aliphatic carbocycles. The summed E-state index contributed by atoms with van der Waals surface area (Å²) < 4.78 is 0. The van der Waals surface area contributed by atoms with E-state index in [1.165, 1.54) is 0 Å². The van der Waals surface area contributed by atoms with E-state index in [0.29, 0.717) is 0 Å². The molecule has 0 aromatic heterocycles. The summed E-state index contributed by atoms with van der Waals surface area (Å²) >= 11 is 6.79. The number of halogens is 2. The predicted molar refractivity (Wildman–Crippen MR) is 67.2 cm³/mol. The normalized spacial score (nSPS) is 44.8. The highest BCUT2D eigenvalue weighted by molar-refractivity contribution is 9.10. The molecule has 0 radical (unpaired) electrons. The molecule has 0 spiro atoms. The van der Waals surface area contributed by atoms with Gasteiger partial charge in [-0.25, -0.2) is 0 Å². The number of carbonyl (C=O) groups excluding carboxylic acids is 2. The average Bonchev–Trinajstić information content (AvgIpc) is 3.03. The lowest BCUT2D eigenvalue weighted by Crippen LogP contribution is -2.48. The van der Waals surface area contributed by atoms with Crippen molar-refractivity contribution in [3.63, 3.8) is 0 Å². The van der Waals surface area contributed by atoms with Crippen LogP contribution in [0, 0.1) is 10.8 Å². The number of hydrogen-bond donors (Lipinski definition) is 2. The van der Waals surface area contributed by atoms with Gasteiger partial charge in [-0.05, 0) is 26.7 Å². The van der Waals surface area contributed by atoms with Gasteiger partial charge in [-0.1, -0.05) is 31.9 Å². The zero-order valence-electron chi connectivity index (χ0n) is 9.14. The largest absolute Gasteiger partial charge is 0.273 e. The first kappa shape index (κ1) is 12.4. The van der Waals surface area contributed by atoms with Gasteiger partial charge in [0.05, 0.1) is 10.8 Å². The Morgan fingerprint density at radius 2 is 1.25 bits per heavy atom. The van der Waals surface area contributed by atoms with Crippen LogP contribution in [0.15, 0.2) is 0 Å². The van der Waals surface area contributed by atoms with Gasteiger partial charge in [0.1, 0.15) is 0 Å². The second-order valence-corrected chi connectivity index (χ2v) is 7.30. The topological polar surface area (TPSA) is 58.2 Å². The summed E-state index contributed by atoms with van der Waals surface area (Å²) in [7, 11) is 0. The molecule has 16 heavy (non-hydrogen) atoms. The van der Waals surface area contributed by atoms with Gasteiger partial charge in [0.15, 0.2) is 0 Å². The van der Waals surface area contributed by atoms with E-state index in [1.54, 1.807) is 0 Å². The van der Waals surface area contributed by atoms with E-state index in [-0.39, 0.29) is 32.3 Å². The van der Waals surface area contributed by atoms with Gasteiger partial charge in [-0.3, -0.25) is 20.4 Å². The van der Waals surface area contributed by atoms with Crippen molar-refractivity contribution in [1.82, 2.24) is 10.9 Å². The van der Waals surface area contributed by atoms with Crippen LogP contribution < -0.4 is 10.9 Å². The smallest absolute Gasteiger partial charge is 0.245 e. The molecule has 0 heterocycles. The van der Waals surface area contributed by atoms with Crippen molar-refractivity contribution in [3.05, 3.63) is 0 Å². The molecular weight excluding hydrogens is 340 g/mol. The van der Waals surface area contributed by atoms with Crippen molar-refractivity contribution in [2.75, 3.05) is 0 Å². The summed E-state index contributed by atoms with van der Waals surface area (Å²) in [5, 5.41) is 0. The molecule has 0 aliphatic heterocycles. The molecule has 0 saturated heterocycles. The maximum atomic E-state index is 11.7. The van der Waals surface area contributed by atoms with Crippen LogP contribution >= 0.6 is 31.9 Å². The summed E-state index contributed by atoms with van der Waals surface area (Å²) in [4.78, 5) is 23.8. The Morgan fingerprint density at radius 1 is 1.00 bits per heavy atom. The maximum absolute atomic E-state index is 11.7. The second-order valence-electron chi connectivity index (χ2n) is 5.09. The number of alkyl halides is 2. The van der Waals surface area contributed by atoms with E-state index >= 15 is 0 Å². The molecule has 2 saturated carbocycles. The van der Waals surface area contributed by atoms with Crippen LogP contribution in [0.4, 0.5) is 0 Å². The molecule has 0 bridgehead atoms. The lowest BCUT2D eigenvalue weighted by Gasteiger charge is -2.14. The number of carbonyl (C=O) groups is 2. The van der Waals surface area contributed by atoms with Crippen LogP contribution in [0.5, 0.6) is 0 Å². The number of rotatable bonds is 2. The molecule has 6 heteroatoms. The van der Waals surface area contributed by atoms with Crippen LogP contribution in [0.2, 0.25) is 0 Å². The van der Waals surface area contributed by atoms with E-state index in [0.717, 1.165) is 12.8 Å². The summed E-state index contributed by atoms with van der Waals surface area (Å²) in [6.07, 6.45) is 1.63. The molecule has 2 fully saturated rings. The molecule has 0 aromatic carbocycles. The minimum Gasteiger partial charge on any atom is -0.273 e. The van der Waals surface area contributed by atoms with Crippen molar-refractivity contribution < 1.29 is 9.59 Å². The van der Waals surface area contributed by atoms with Crippen LogP contribution in [0.25, 0.3) is 0 Å². The summed E-state index contributed by atoms with van der Waals surface area (Å²) in [5.41, 5.74) is 4.25. The SMILES string of the molecule is C[C@@]1(C(=O)NNC(=O)[C@@]2(C)C[C@H]2Br)C[C@@H]1Br. The van der Waals surface area contributed by atoms with Gasteiger partial charge in [0, 0.05) is 9.65 Å². The van der Waals surface area contributed by atoms with Crippen LogP contribution in [-0.2, 0) is 9.59 Å². The van der Waals surface area contributed by atoms with Crippen LogP contribution in [0.1, 0.15) is 26.7 Å². The van der Waals surface area contributed by atoms with E-state index in [1.807, 2.05) is 13.8 Å². The fourth-order valence-electron chi connectivity index (χ4n) is 1.50. The Labute approximate surface area is 111 Å². The van der Waals surface area contributed by atoms with E-state index < -0.39 is 0 Å². The highest BCUT2D eigenvalue weighted by atomic mass is 79.9. The lowest BCUT2D eigenvalue weighted by atomic mass is 10.1. The second kappa shape index (κ2) is 3.70. The quantitative estimate of drug-likeness (QED) is 0.583. The van der Waals surface area contributed by atoms with Crippen molar-refractivity contribution >= 4 is 43.7 Å². The molecule has 4 atom stereocenters. The first-order valence-corrected chi connectivity index (χ1v) is 7.03. The molecule has 0 aromatic rings. The van der Waals surface area contributed by atoms with Gasteiger partial charge < -0.3 is 0 Å². The number of amides is 2. The van der Waals surface area contributed by atoms with Crippen molar-refractivity contribution in [3.8, 4) is 0 Å². The van der Waals surface area contributed by atoms with Gasteiger partial charge in [-0.2, -0.15) is 0 Å². The lowest BCUT2D eigenvalue weighted by molar-refractivity contribution is -0.133. The first-order valence-electron chi connectivity index (χ1n) is 5.20. The Hall–Kier alpha value is -0.100. The Bertz CT molecular complexity index is 329. The summed E-state index contributed by atoms with van der Waals surface area (Å²) in [5.74, 6) is -0.254. The zero-order chi connectivity index (χ0) is 12.1. The Kier molecular flexibility index (Phi) is 2.86.